The molecule has 4 rings (SSSR count). The first kappa shape index (κ1) is 21.9. The number of anilines is 2. The Bertz CT molecular complexity index is 1100. The fourth-order valence-corrected chi connectivity index (χ4v) is 4.46. The molecular formula is C27H29FN2O2. The van der Waals surface area contributed by atoms with Crippen LogP contribution in [0.2, 0.25) is 0 Å². The summed E-state index contributed by atoms with van der Waals surface area (Å²) < 4.78 is 14.3. The molecule has 0 saturated heterocycles. The van der Waals surface area contributed by atoms with Gasteiger partial charge in [0.1, 0.15) is 5.82 Å². The Kier molecular flexibility index (Phi) is 6.74. The van der Waals surface area contributed by atoms with E-state index >= 15 is 0 Å². The van der Waals surface area contributed by atoms with Crippen molar-refractivity contribution >= 4 is 17.3 Å². The number of carboxylic acid groups (broad SMARTS) is 1. The van der Waals surface area contributed by atoms with E-state index in [2.05, 4.69) is 53.5 Å². The minimum Gasteiger partial charge on any atom is -0.481 e. The minimum absolute atomic E-state index is 0.0719. The summed E-state index contributed by atoms with van der Waals surface area (Å²) in [5.41, 5.74) is 7.61. The summed E-state index contributed by atoms with van der Waals surface area (Å²) in [6.07, 6.45) is 2.38. The van der Waals surface area contributed by atoms with Gasteiger partial charge in [-0.15, -0.1) is 0 Å². The zero-order valence-corrected chi connectivity index (χ0v) is 18.4. The SMILES string of the molecule is Cc1c(CNc2ccc(CCC(=O)O)c(F)c2)ccc2c1N(Cc1ccccc1)CCC2. The van der Waals surface area contributed by atoms with Crippen LogP contribution in [0.1, 0.15) is 40.7 Å². The van der Waals surface area contributed by atoms with Crippen molar-refractivity contribution in [2.45, 2.75) is 45.7 Å². The molecule has 1 heterocycles. The smallest absolute Gasteiger partial charge is 0.303 e. The zero-order valence-electron chi connectivity index (χ0n) is 18.4. The molecule has 0 aromatic heterocycles. The van der Waals surface area contributed by atoms with E-state index in [1.807, 2.05) is 12.1 Å². The van der Waals surface area contributed by atoms with Crippen molar-refractivity contribution < 1.29 is 14.3 Å². The molecule has 0 radical (unpaired) electrons. The molecule has 5 heteroatoms. The molecule has 0 bridgehead atoms. The van der Waals surface area contributed by atoms with Crippen LogP contribution in [0.15, 0.2) is 60.7 Å². The molecule has 32 heavy (non-hydrogen) atoms. The van der Waals surface area contributed by atoms with Crippen molar-refractivity contribution in [2.75, 3.05) is 16.8 Å². The number of hydrogen-bond acceptors (Lipinski definition) is 3. The van der Waals surface area contributed by atoms with Crippen LogP contribution in [-0.4, -0.2) is 17.6 Å². The first-order valence-electron chi connectivity index (χ1n) is 11.2. The molecule has 1 aliphatic rings. The number of aryl methyl sites for hydroxylation is 2. The van der Waals surface area contributed by atoms with Crippen LogP contribution in [-0.2, 0) is 30.7 Å². The Hall–Kier alpha value is -3.34. The van der Waals surface area contributed by atoms with Crippen molar-refractivity contribution in [2.24, 2.45) is 0 Å². The van der Waals surface area contributed by atoms with Crippen LogP contribution in [0.5, 0.6) is 0 Å². The summed E-state index contributed by atoms with van der Waals surface area (Å²) in [5.74, 6) is -1.29. The van der Waals surface area contributed by atoms with E-state index in [1.165, 1.54) is 34.0 Å². The molecule has 2 N–H and O–H groups in total. The second-order valence-corrected chi connectivity index (χ2v) is 8.42. The molecule has 4 nitrogen and oxygen atoms in total. The van der Waals surface area contributed by atoms with E-state index in [-0.39, 0.29) is 18.7 Å². The van der Waals surface area contributed by atoms with Crippen LogP contribution in [0.3, 0.4) is 0 Å². The predicted molar refractivity (Wildman–Crippen MR) is 127 cm³/mol. The van der Waals surface area contributed by atoms with E-state index in [9.17, 15) is 9.18 Å². The number of carbonyl (C=O) groups is 1. The summed E-state index contributed by atoms with van der Waals surface area (Å²) in [5, 5.41) is 12.1. The van der Waals surface area contributed by atoms with E-state index in [1.54, 1.807) is 6.07 Å². The standard InChI is InChI=1S/C27H29FN2O2/c1-19-23(17-29-24-13-11-21(25(28)16-24)12-14-26(31)32)10-9-22-8-5-15-30(27(19)22)18-20-6-3-2-4-7-20/h2-4,6-7,9-11,13,16,29H,5,8,12,14-15,17-18H2,1H3,(H,31,32). The third kappa shape index (κ3) is 5.10. The lowest BCUT2D eigenvalue weighted by Gasteiger charge is -2.34. The molecule has 0 unspecified atom stereocenters. The maximum atomic E-state index is 14.3. The first-order valence-corrected chi connectivity index (χ1v) is 11.2. The van der Waals surface area contributed by atoms with Crippen LogP contribution in [0, 0.1) is 12.7 Å². The minimum atomic E-state index is -0.921. The number of halogens is 1. The molecule has 0 atom stereocenters. The molecule has 166 valence electrons. The number of nitrogens with one attached hydrogen (secondary N) is 1. The topological polar surface area (TPSA) is 52.6 Å². The van der Waals surface area contributed by atoms with Crippen LogP contribution in [0.25, 0.3) is 0 Å². The lowest BCUT2D eigenvalue weighted by molar-refractivity contribution is -0.136. The van der Waals surface area contributed by atoms with Crippen molar-refractivity contribution in [3.63, 3.8) is 0 Å². The van der Waals surface area contributed by atoms with Gasteiger partial charge in [0.25, 0.3) is 0 Å². The van der Waals surface area contributed by atoms with Gasteiger partial charge in [0, 0.05) is 37.4 Å². The molecule has 0 spiro atoms. The van der Waals surface area contributed by atoms with Crippen LogP contribution in [0.4, 0.5) is 15.8 Å². The summed E-state index contributed by atoms with van der Waals surface area (Å²) >= 11 is 0. The lowest BCUT2D eigenvalue weighted by Crippen LogP contribution is -2.30. The van der Waals surface area contributed by atoms with Crippen molar-refractivity contribution in [1.82, 2.24) is 0 Å². The van der Waals surface area contributed by atoms with Crippen LogP contribution < -0.4 is 10.2 Å². The van der Waals surface area contributed by atoms with Gasteiger partial charge in [-0.1, -0.05) is 48.5 Å². The first-order chi connectivity index (χ1) is 15.5. The van der Waals surface area contributed by atoms with E-state index in [0.717, 1.165) is 25.9 Å². The molecule has 0 saturated carbocycles. The third-order valence-electron chi connectivity index (χ3n) is 6.18. The van der Waals surface area contributed by atoms with Crippen LogP contribution >= 0.6 is 0 Å². The third-order valence-corrected chi connectivity index (χ3v) is 6.18. The average Bonchev–Trinajstić information content (AvgIpc) is 2.78. The number of aliphatic carboxylic acids is 1. The summed E-state index contributed by atoms with van der Waals surface area (Å²) in [6, 6.07) is 19.9. The van der Waals surface area contributed by atoms with Crippen molar-refractivity contribution in [1.29, 1.82) is 0 Å². The second kappa shape index (κ2) is 9.86. The predicted octanol–water partition coefficient (Wildman–Crippen LogP) is 5.72. The highest BCUT2D eigenvalue weighted by Crippen LogP contribution is 2.34. The Balaban J connectivity index is 1.49. The van der Waals surface area contributed by atoms with Gasteiger partial charge >= 0.3 is 5.97 Å². The van der Waals surface area contributed by atoms with Crippen molar-refractivity contribution in [3.05, 3.63) is 94.3 Å². The fraction of sp³-hybridized carbons (Fsp3) is 0.296. The number of rotatable bonds is 8. The molecule has 0 aliphatic carbocycles. The van der Waals surface area contributed by atoms with Gasteiger partial charge in [0.2, 0.25) is 0 Å². The van der Waals surface area contributed by atoms with Gasteiger partial charge < -0.3 is 15.3 Å². The average molecular weight is 433 g/mol. The maximum absolute atomic E-state index is 14.3. The Morgan fingerprint density at radius 2 is 1.88 bits per heavy atom. The number of carboxylic acids is 1. The summed E-state index contributed by atoms with van der Waals surface area (Å²) in [6.45, 7) is 4.72. The highest BCUT2D eigenvalue weighted by atomic mass is 19.1. The van der Waals surface area contributed by atoms with E-state index < -0.39 is 5.97 Å². The van der Waals surface area contributed by atoms with Gasteiger partial charge in [-0.25, -0.2) is 4.39 Å². The van der Waals surface area contributed by atoms with Gasteiger partial charge in [0.05, 0.1) is 0 Å². The molecule has 1 aliphatic heterocycles. The van der Waals surface area contributed by atoms with Gasteiger partial charge in [0.15, 0.2) is 0 Å². The second-order valence-electron chi connectivity index (χ2n) is 8.42. The van der Waals surface area contributed by atoms with E-state index in [4.69, 9.17) is 5.11 Å². The monoisotopic (exact) mass is 432 g/mol. The molecule has 3 aromatic carbocycles. The van der Waals surface area contributed by atoms with Gasteiger partial charge in [-0.05, 0) is 66.1 Å². The molecule has 0 amide bonds. The largest absolute Gasteiger partial charge is 0.481 e. The summed E-state index contributed by atoms with van der Waals surface area (Å²) in [7, 11) is 0. The summed E-state index contributed by atoms with van der Waals surface area (Å²) in [4.78, 5) is 13.2. The Morgan fingerprint density at radius 3 is 2.62 bits per heavy atom. The van der Waals surface area contributed by atoms with Gasteiger partial charge in [-0.3, -0.25) is 4.79 Å². The highest BCUT2D eigenvalue weighted by Gasteiger charge is 2.20. The quantitative estimate of drug-likeness (QED) is 0.478. The van der Waals surface area contributed by atoms with Crippen molar-refractivity contribution in [3.8, 4) is 0 Å². The van der Waals surface area contributed by atoms with Gasteiger partial charge in [-0.2, -0.15) is 0 Å². The number of fused-ring (bicyclic) bond motifs is 1. The molecule has 0 fully saturated rings. The number of hydrogen-bond donors (Lipinski definition) is 2. The van der Waals surface area contributed by atoms with E-state index in [0.29, 0.717) is 17.8 Å². The zero-order chi connectivity index (χ0) is 22.5. The molecular weight excluding hydrogens is 403 g/mol. The number of nitrogens with zero attached hydrogens (tertiary/aromatic N) is 1. The molecule has 3 aromatic rings. The Morgan fingerprint density at radius 1 is 1.09 bits per heavy atom. The highest BCUT2D eigenvalue weighted by molar-refractivity contribution is 5.67. The fourth-order valence-electron chi connectivity index (χ4n) is 4.46. The Labute approximate surface area is 188 Å². The lowest BCUT2D eigenvalue weighted by atomic mass is 9.94. The normalized spacial score (nSPS) is 13.0. The number of benzene rings is 3. The maximum Gasteiger partial charge on any atom is 0.303 e.